The molecule has 0 aliphatic carbocycles. The van der Waals surface area contributed by atoms with Gasteiger partial charge in [-0.15, -0.1) is 0 Å². The zero-order valence-electron chi connectivity index (χ0n) is 35.0. The van der Waals surface area contributed by atoms with Gasteiger partial charge in [-0.3, -0.25) is 9.59 Å². The van der Waals surface area contributed by atoms with Crippen LogP contribution >= 0.6 is 0 Å². The SMILES string of the molecule is CC(C)(C)C(=O)C(=O)C(C)(C)C.CC(C)(C)CC(O)C(C)(C)C.CC(C)(C)C[C@@H](O)C(C)(C)C.CC(C)(C)C[C@H](O)C(C)(C)C. The predicted octanol–water partition coefficient (Wildman–Crippen LogP) is 10.7. The number of carbonyl (C=O) groups is 2. The van der Waals surface area contributed by atoms with Gasteiger partial charge in [-0.2, -0.15) is 0 Å². The summed E-state index contributed by atoms with van der Waals surface area (Å²) in [5.41, 5.74) is -0.353. The first-order valence-electron chi connectivity index (χ1n) is 17.1. The second-order valence-corrected chi connectivity index (χ2v) is 22.1. The number of hydrogen-bond donors (Lipinski definition) is 3. The molecule has 45 heavy (non-hydrogen) atoms. The number of aliphatic hydroxyl groups excluding tert-OH is 3. The van der Waals surface area contributed by atoms with Crippen molar-refractivity contribution in [3.8, 4) is 0 Å². The van der Waals surface area contributed by atoms with Gasteiger partial charge in [-0.1, -0.05) is 166 Å². The Labute approximate surface area is 283 Å². The Balaban J connectivity index is -0.000000249. The molecule has 3 atom stereocenters. The molecule has 0 aliphatic heterocycles. The van der Waals surface area contributed by atoms with Crippen molar-refractivity contribution in [2.45, 2.75) is 204 Å². The van der Waals surface area contributed by atoms with Gasteiger partial charge in [0.2, 0.25) is 11.6 Å². The number of rotatable bonds is 4. The van der Waals surface area contributed by atoms with E-state index in [-0.39, 0.29) is 62.4 Å². The smallest absolute Gasteiger partial charge is 0.204 e. The maximum Gasteiger partial charge on any atom is 0.204 e. The quantitative estimate of drug-likeness (QED) is 0.265. The molecule has 5 heteroatoms. The molecule has 1 unspecified atom stereocenters. The normalized spacial score (nSPS) is 15.6. The highest BCUT2D eigenvalue weighted by Gasteiger charge is 2.35. The van der Waals surface area contributed by atoms with Crippen molar-refractivity contribution in [2.24, 2.45) is 43.3 Å². The van der Waals surface area contributed by atoms with E-state index in [1.54, 1.807) is 41.5 Å². The molecule has 0 aromatic carbocycles. The molecule has 0 saturated carbocycles. The Hall–Kier alpha value is -0.780. The fraction of sp³-hybridized carbons (Fsp3) is 0.950. The molecule has 0 amide bonds. The van der Waals surface area contributed by atoms with Gasteiger partial charge in [0, 0.05) is 10.8 Å². The molecule has 0 spiro atoms. The second-order valence-electron chi connectivity index (χ2n) is 22.1. The molecule has 0 saturated heterocycles. The molecule has 0 radical (unpaired) electrons. The summed E-state index contributed by atoms with van der Waals surface area (Å²) in [4.78, 5) is 22.9. The van der Waals surface area contributed by atoms with Gasteiger partial charge in [0.05, 0.1) is 18.3 Å². The van der Waals surface area contributed by atoms with Crippen molar-refractivity contribution in [3.05, 3.63) is 0 Å². The maximum absolute atomic E-state index is 11.5. The highest BCUT2D eigenvalue weighted by molar-refractivity contribution is 6.40. The summed E-state index contributed by atoms with van der Waals surface area (Å²) >= 11 is 0. The summed E-state index contributed by atoms with van der Waals surface area (Å²) in [6.45, 7) is 48.6. The zero-order chi connectivity index (χ0) is 38.0. The lowest BCUT2D eigenvalue weighted by atomic mass is 9.79. The van der Waals surface area contributed by atoms with Gasteiger partial charge in [0.15, 0.2) is 0 Å². The predicted molar refractivity (Wildman–Crippen MR) is 198 cm³/mol. The van der Waals surface area contributed by atoms with Crippen LogP contribution in [-0.4, -0.2) is 45.2 Å². The van der Waals surface area contributed by atoms with Gasteiger partial charge in [-0.05, 0) is 51.8 Å². The molecule has 0 heterocycles. The van der Waals surface area contributed by atoms with E-state index in [9.17, 15) is 24.9 Å². The van der Waals surface area contributed by atoms with Gasteiger partial charge in [0.25, 0.3) is 0 Å². The number of aliphatic hydroxyl groups is 3. The maximum atomic E-state index is 11.5. The molecule has 0 aromatic rings. The van der Waals surface area contributed by atoms with E-state index in [0.29, 0.717) is 0 Å². The van der Waals surface area contributed by atoms with Crippen LogP contribution in [0.3, 0.4) is 0 Å². The molecule has 0 aromatic heterocycles. The van der Waals surface area contributed by atoms with Crippen molar-refractivity contribution in [1.82, 2.24) is 0 Å². The van der Waals surface area contributed by atoms with Crippen molar-refractivity contribution in [3.63, 3.8) is 0 Å². The molecule has 274 valence electrons. The van der Waals surface area contributed by atoms with Crippen molar-refractivity contribution >= 4 is 11.6 Å². The van der Waals surface area contributed by atoms with Crippen molar-refractivity contribution in [2.75, 3.05) is 0 Å². The lowest BCUT2D eigenvalue weighted by Gasteiger charge is -2.31. The first-order valence-corrected chi connectivity index (χ1v) is 17.1. The molecule has 3 N–H and O–H groups in total. The van der Waals surface area contributed by atoms with Crippen LogP contribution in [-0.2, 0) is 9.59 Å². The monoisotopic (exact) mass is 645 g/mol. The lowest BCUT2D eigenvalue weighted by molar-refractivity contribution is -0.145. The van der Waals surface area contributed by atoms with Crippen LogP contribution < -0.4 is 0 Å². The molecule has 0 aliphatic rings. The van der Waals surface area contributed by atoms with E-state index in [2.05, 4.69) is 125 Å². The fourth-order valence-corrected chi connectivity index (χ4v) is 3.34. The minimum absolute atomic E-state index is 0.0211. The average molecular weight is 645 g/mol. The zero-order valence-corrected chi connectivity index (χ0v) is 35.0. The third-order valence-corrected chi connectivity index (χ3v) is 6.98. The highest BCUT2D eigenvalue weighted by Crippen LogP contribution is 2.32. The largest absolute Gasteiger partial charge is 0.393 e. The summed E-state index contributed by atoms with van der Waals surface area (Å²) in [5.74, 6) is -0.565. The van der Waals surface area contributed by atoms with E-state index in [1.165, 1.54) is 0 Å². The Kier molecular flexibility index (Phi) is 20.6. The third kappa shape index (κ3) is 31.6. The molecular weight excluding hydrogens is 560 g/mol. The highest BCUT2D eigenvalue weighted by atomic mass is 16.3. The van der Waals surface area contributed by atoms with Crippen LogP contribution in [0.15, 0.2) is 0 Å². The number of Topliss-reactive ketones (excluding diaryl/α,β-unsaturated/α-hetero) is 2. The Morgan fingerprint density at radius 1 is 0.356 bits per heavy atom. The lowest BCUT2D eigenvalue weighted by Crippen LogP contribution is -2.36. The summed E-state index contributed by atoms with van der Waals surface area (Å²) in [5, 5.41) is 29.2. The summed E-state index contributed by atoms with van der Waals surface area (Å²) in [7, 11) is 0. The minimum atomic E-state index is -0.551. The molecule has 0 rings (SSSR count). The van der Waals surface area contributed by atoms with Crippen LogP contribution in [0.4, 0.5) is 0 Å². The summed E-state index contributed by atoms with van der Waals surface area (Å²) in [6, 6.07) is 0. The second kappa shape index (κ2) is 18.1. The van der Waals surface area contributed by atoms with Gasteiger partial charge >= 0.3 is 0 Å². The fourth-order valence-electron chi connectivity index (χ4n) is 3.34. The van der Waals surface area contributed by atoms with Gasteiger partial charge in [0.1, 0.15) is 0 Å². The molecule has 5 nitrogen and oxygen atoms in total. The summed E-state index contributed by atoms with van der Waals surface area (Å²) < 4.78 is 0. The van der Waals surface area contributed by atoms with E-state index in [0.717, 1.165) is 19.3 Å². The van der Waals surface area contributed by atoms with Crippen LogP contribution in [0.2, 0.25) is 0 Å². The molecule has 0 fully saturated rings. The van der Waals surface area contributed by atoms with Gasteiger partial charge in [-0.25, -0.2) is 0 Å². The minimum Gasteiger partial charge on any atom is -0.393 e. The first-order chi connectivity index (χ1) is 18.9. The molecular formula is C40H84O5. The van der Waals surface area contributed by atoms with Crippen molar-refractivity contribution in [1.29, 1.82) is 0 Å². The van der Waals surface area contributed by atoms with E-state index in [1.807, 2.05) is 0 Å². The van der Waals surface area contributed by atoms with Gasteiger partial charge < -0.3 is 15.3 Å². The van der Waals surface area contributed by atoms with Crippen LogP contribution in [0.25, 0.3) is 0 Å². The van der Waals surface area contributed by atoms with E-state index < -0.39 is 10.8 Å². The Morgan fingerprint density at radius 2 is 0.489 bits per heavy atom. The number of hydrogen-bond acceptors (Lipinski definition) is 5. The van der Waals surface area contributed by atoms with E-state index >= 15 is 0 Å². The Bertz CT molecular complexity index is 727. The van der Waals surface area contributed by atoms with Crippen LogP contribution in [0.1, 0.15) is 185 Å². The van der Waals surface area contributed by atoms with Crippen molar-refractivity contribution < 1.29 is 24.9 Å². The number of carbonyl (C=O) groups excluding carboxylic acids is 2. The topological polar surface area (TPSA) is 94.8 Å². The Morgan fingerprint density at radius 3 is 0.533 bits per heavy atom. The van der Waals surface area contributed by atoms with Crippen LogP contribution in [0, 0.1) is 43.3 Å². The number of ketones is 2. The van der Waals surface area contributed by atoms with E-state index in [4.69, 9.17) is 0 Å². The third-order valence-electron chi connectivity index (χ3n) is 6.98. The molecule has 0 bridgehead atoms. The first kappa shape index (κ1) is 51.1. The average Bonchev–Trinajstić information content (AvgIpc) is 2.67. The standard InChI is InChI=1S/C10H18O2.3C10H22O/c1-9(2,3)7(11)8(12)10(4,5)6;3*1-9(2,3)7-8(11)10(4,5)6/h1-6H3;3*8,11H,7H2,1-6H3/t;2*8-;/m.10./s1. The summed E-state index contributed by atoms with van der Waals surface area (Å²) in [6.07, 6.45) is 2.04. The van der Waals surface area contributed by atoms with Crippen LogP contribution in [0.5, 0.6) is 0 Å².